The van der Waals surface area contributed by atoms with Crippen LogP contribution in [-0.2, 0) is 19.8 Å². The Balaban J connectivity index is 1.47. The highest BCUT2D eigenvalue weighted by molar-refractivity contribution is 5.88. The largest absolute Gasteiger partial charge is 0.484 e. The lowest BCUT2D eigenvalue weighted by Gasteiger charge is -2.26. The number of ether oxygens (including phenoxy) is 1. The third-order valence-corrected chi connectivity index (χ3v) is 5.92. The summed E-state index contributed by atoms with van der Waals surface area (Å²) in [6.45, 7) is 6.10. The second-order valence-electron chi connectivity index (χ2n) is 8.82. The number of rotatable bonds is 5. The molecule has 152 valence electrons. The molecule has 3 N–H and O–H groups in total. The van der Waals surface area contributed by atoms with E-state index in [1.54, 1.807) is 12.1 Å². The molecule has 2 aliphatic rings. The van der Waals surface area contributed by atoms with Gasteiger partial charge in [0.15, 0.2) is 6.61 Å². The van der Waals surface area contributed by atoms with E-state index < -0.39 is 29.6 Å². The molecule has 1 aromatic carbocycles. The van der Waals surface area contributed by atoms with E-state index in [1.807, 2.05) is 12.1 Å². The van der Waals surface area contributed by atoms with Gasteiger partial charge in [0.25, 0.3) is 5.91 Å². The van der Waals surface area contributed by atoms with Gasteiger partial charge in [-0.15, -0.1) is 0 Å². The number of carboxylic acids is 1. The average Bonchev–Trinajstić information content (AvgIpc) is 3.25. The average molecular weight is 388 g/mol. The van der Waals surface area contributed by atoms with Crippen molar-refractivity contribution >= 4 is 17.8 Å². The summed E-state index contributed by atoms with van der Waals surface area (Å²) in [6.07, 6.45) is 2.50. The maximum atomic E-state index is 12.4. The predicted octanol–water partition coefficient (Wildman–Crippen LogP) is 2.26. The van der Waals surface area contributed by atoms with E-state index in [2.05, 4.69) is 31.6 Å². The van der Waals surface area contributed by atoms with Crippen molar-refractivity contribution in [3.63, 3.8) is 0 Å². The highest BCUT2D eigenvalue weighted by Gasteiger charge is 2.54. The van der Waals surface area contributed by atoms with E-state index in [0.29, 0.717) is 5.75 Å². The number of carbonyl (C=O) groups is 3. The van der Waals surface area contributed by atoms with Crippen LogP contribution in [0.1, 0.15) is 45.6 Å². The molecule has 0 heterocycles. The van der Waals surface area contributed by atoms with Crippen molar-refractivity contribution in [1.29, 1.82) is 0 Å². The van der Waals surface area contributed by atoms with Gasteiger partial charge in [-0.2, -0.15) is 0 Å². The third-order valence-electron chi connectivity index (χ3n) is 5.92. The summed E-state index contributed by atoms with van der Waals surface area (Å²) in [6, 6.07) is 7.52. The molecule has 2 saturated carbocycles. The number of benzene rings is 1. The van der Waals surface area contributed by atoms with Crippen molar-refractivity contribution in [2.24, 2.45) is 23.7 Å². The monoisotopic (exact) mass is 388 g/mol. The molecular formula is C21H28N2O5. The van der Waals surface area contributed by atoms with Gasteiger partial charge in [-0.05, 0) is 54.2 Å². The van der Waals surface area contributed by atoms with E-state index in [1.165, 1.54) is 0 Å². The van der Waals surface area contributed by atoms with Gasteiger partial charge in [0.2, 0.25) is 5.91 Å². The number of aliphatic carboxylic acids is 1. The molecule has 0 saturated heterocycles. The molecule has 28 heavy (non-hydrogen) atoms. The molecule has 2 fully saturated rings. The zero-order chi connectivity index (χ0) is 20.5. The Morgan fingerprint density at radius 3 is 2.21 bits per heavy atom. The van der Waals surface area contributed by atoms with Crippen LogP contribution in [0.3, 0.4) is 0 Å². The lowest BCUT2D eigenvalue weighted by Crippen LogP contribution is -2.49. The van der Waals surface area contributed by atoms with Crippen LogP contribution in [-0.4, -0.2) is 29.5 Å². The number of fused-ring (bicyclic) bond motifs is 2. The highest BCUT2D eigenvalue weighted by Crippen LogP contribution is 2.52. The Hall–Kier alpha value is -2.57. The fraction of sp³-hybridized carbons (Fsp3) is 0.571. The maximum absolute atomic E-state index is 12.4. The van der Waals surface area contributed by atoms with Gasteiger partial charge >= 0.3 is 5.97 Å². The second-order valence-corrected chi connectivity index (χ2v) is 8.82. The molecular weight excluding hydrogens is 360 g/mol. The van der Waals surface area contributed by atoms with Crippen molar-refractivity contribution in [2.45, 2.75) is 45.4 Å². The number of carbonyl (C=O) groups excluding carboxylic acids is 2. The molecule has 7 nitrogen and oxygen atoms in total. The summed E-state index contributed by atoms with van der Waals surface area (Å²) in [4.78, 5) is 35.9. The number of hydrogen-bond donors (Lipinski definition) is 3. The summed E-state index contributed by atoms with van der Waals surface area (Å²) >= 11 is 0. The van der Waals surface area contributed by atoms with Gasteiger partial charge in [0, 0.05) is 0 Å². The molecule has 0 aromatic heterocycles. The van der Waals surface area contributed by atoms with E-state index in [4.69, 9.17) is 4.74 Å². The third kappa shape index (κ3) is 4.29. The summed E-state index contributed by atoms with van der Waals surface area (Å²) in [7, 11) is 0. The van der Waals surface area contributed by atoms with Crippen LogP contribution in [0, 0.1) is 23.7 Å². The zero-order valence-corrected chi connectivity index (χ0v) is 16.5. The van der Waals surface area contributed by atoms with Crippen molar-refractivity contribution in [2.75, 3.05) is 6.61 Å². The van der Waals surface area contributed by atoms with E-state index >= 15 is 0 Å². The molecule has 4 atom stereocenters. The molecule has 7 heteroatoms. The molecule has 1 aromatic rings. The van der Waals surface area contributed by atoms with Crippen molar-refractivity contribution < 1.29 is 24.2 Å². The Bertz CT molecular complexity index is 753. The standard InChI is InChI=1S/C21H28N2O5/c1-21(2,3)14-6-8-15(9-7-14)28-11-16(24)22-23-19(25)17-12-4-5-13(10-12)18(17)20(26)27/h6-9,12-13,17-18H,4-5,10-11H2,1-3H3,(H,22,24)(H,23,25)(H,26,27)/t12-,13-,17-,18-/m0/s1. The molecule has 0 unspecified atom stereocenters. The molecule has 2 amide bonds. The fourth-order valence-electron chi connectivity index (χ4n) is 4.47. The van der Waals surface area contributed by atoms with E-state index in [9.17, 15) is 19.5 Å². The van der Waals surface area contributed by atoms with Gasteiger partial charge in [0.1, 0.15) is 5.75 Å². The van der Waals surface area contributed by atoms with Gasteiger partial charge in [-0.1, -0.05) is 32.9 Å². The molecule has 3 rings (SSSR count). The Labute approximate surface area is 164 Å². The van der Waals surface area contributed by atoms with E-state index in [-0.39, 0.29) is 23.9 Å². The number of amides is 2. The number of carboxylic acid groups (broad SMARTS) is 1. The normalized spacial score (nSPS) is 26.0. The van der Waals surface area contributed by atoms with Crippen molar-refractivity contribution in [3.05, 3.63) is 29.8 Å². The van der Waals surface area contributed by atoms with Crippen LogP contribution in [0.5, 0.6) is 5.75 Å². The smallest absolute Gasteiger partial charge is 0.307 e. The van der Waals surface area contributed by atoms with E-state index in [0.717, 1.165) is 24.8 Å². The van der Waals surface area contributed by atoms with Gasteiger partial charge in [-0.25, -0.2) is 0 Å². The van der Waals surface area contributed by atoms with Gasteiger partial charge in [0.05, 0.1) is 11.8 Å². The molecule has 2 bridgehead atoms. The van der Waals surface area contributed by atoms with Gasteiger partial charge in [-0.3, -0.25) is 25.2 Å². The minimum Gasteiger partial charge on any atom is -0.484 e. The predicted molar refractivity (Wildman–Crippen MR) is 102 cm³/mol. The first-order chi connectivity index (χ1) is 13.2. The summed E-state index contributed by atoms with van der Waals surface area (Å²) in [5, 5.41) is 9.42. The zero-order valence-electron chi connectivity index (χ0n) is 16.5. The van der Waals surface area contributed by atoms with Gasteiger partial charge < -0.3 is 9.84 Å². The van der Waals surface area contributed by atoms with Crippen LogP contribution >= 0.6 is 0 Å². The molecule has 2 aliphatic carbocycles. The van der Waals surface area contributed by atoms with Crippen molar-refractivity contribution in [3.8, 4) is 5.75 Å². The van der Waals surface area contributed by atoms with Crippen LogP contribution in [0.15, 0.2) is 24.3 Å². The first-order valence-electron chi connectivity index (χ1n) is 9.71. The van der Waals surface area contributed by atoms with Crippen LogP contribution in [0.4, 0.5) is 0 Å². The summed E-state index contributed by atoms with van der Waals surface area (Å²) < 4.78 is 5.44. The maximum Gasteiger partial charge on any atom is 0.307 e. The fourth-order valence-corrected chi connectivity index (χ4v) is 4.47. The first kappa shape index (κ1) is 20.2. The number of hydrazine groups is 1. The Morgan fingerprint density at radius 2 is 1.64 bits per heavy atom. The van der Waals surface area contributed by atoms with Crippen LogP contribution in [0.25, 0.3) is 0 Å². The number of hydrogen-bond acceptors (Lipinski definition) is 4. The SMILES string of the molecule is CC(C)(C)c1ccc(OCC(=O)NNC(=O)[C@H]2[C@H]3CC[C@@H](C3)[C@@H]2C(=O)O)cc1. The second kappa shape index (κ2) is 7.81. The topological polar surface area (TPSA) is 105 Å². The Kier molecular flexibility index (Phi) is 5.63. The lowest BCUT2D eigenvalue weighted by molar-refractivity contribution is -0.150. The molecule has 0 aliphatic heterocycles. The minimum absolute atomic E-state index is 0.0354. The molecule has 0 spiro atoms. The molecule has 0 radical (unpaired) electrons. The number of nitrogens with one attached hydrogen (secondary N) is 2. The highest BCUT2D eigenvalue weighted by atomic mass is 16.5. The van der Waals surface area contributed by atoms with Crippen molar-refractivity contribution in [1.82, 2.24) is 10.9 Å². The minimum atomic E-state index is -0.930. The summed E-state index contributed by atoms with van der Waals surface area (Å²) in [5.41, 5.74) is 5.90. The Morgan fingerprint density at radius 1 is 1.04 bits per heavy atom. The van der Waals surface area contributed by atoms with Crippen LogP contribution < -0.4 is 15.6 Å². The first-order valence-corrected chi connectivity index (χ1v) is 9.71. The lowest BCUT2D eigenvalue weighted by atomic mass is 9.79. The quantitative estimate of drug-likeness (QED) is 0.671. The summed E-state index contributed by atoms with van der Waals surface area (Å²) in [5.74, 6) is -2.38. The van der Waals surface area contributed by atoms with Crippen LogP contribution in [0.2, 0.25) is 0 Å².